The topological polar surface area (TPSA) is 110 Å². The molecule has 72 valence electrons. The van der Waals surface area contributed by atoms with Crippen LogP contribution in [0.15, 0.2) is 23.4 Å². The Morgan fingerprint density at radius 3 is 2.57 bits per heavy atom. The van der Waals surface area contributed by atoms with Crippen molar-refractivity contribution in [3.05, 3.63) is 38.8 Å². The first-order chi connectivity index (χ1) is 6.57. The van der Waals surface area contributed by atoms with E-state index in [1.165, 1.54) is 6.07 Å². The summed E-state index contributed by atoms with van der Waals surface area (Å²) in [7, 11) is 0. The molecule has 0 aliphatic rings. The quantitative estimate of drug-likeness (QED) is 0.449. The molecule has 0 aliphatic heterocycles. The fourth-order valence-corrected chi connectivity index (χ4v) is 0.976. The molecule has 1 aromatic carbocycles. The molecule has 7 nitrogen and oxygen atoms in total. The summed E-state index contributed by atoms with van der Waals surface area (Å²) >= 11 is 0. The first kappa shape index (κ1) is 9.78. The van der Waals surface area contributed by atoms with E-state index in [9.17, 15) is 19.8 Å². The Balaban J connectivity index is 3.51. The van der Waals surface area contributed by atoms with Crippen LogP contribution in [0, 0.1) is 15.0 Å². The van der Waals surface area contributed by atoms with Crippen molar-refractivity contribution in [2.24, 2.45) is 5.18 Å². The molecule has 0 aliphatic carbocycles. The number of rotatable bonds is 3. The Morgan fingerprint density at radius 2 is 2.14 bits per heavy atom. The van der Waals surface area contributed by atoms with Crippen molar-refractivity contribution in [2.45, 2.75) is 0 Å². The molecule has 0 saturated heterocycles. The lowest BCUT2D eigenvalue weighted by Gasteiger charge is -1.98. The van der Waals surface area contributed by atoms with Crippen LogP contribution in [-0.2, 0) is 0 Å². The molecule has 0 bridgehead atoms. The summed E-state index contributed by atoms with van der Waals surface area (Å²) in [6, 6.07) is 3.29. The van der Waals surface area contributed by atoms with Gasteiger partial charge in [-0.15, -0.1) is 4.91 Å². The Labute approximate surface area is 77.1 Å². The Morgan fingerprint density at radius 1 is 1.50 bits per heavy atom. The summed E-state index contributed by atoms with van der Waals surface area (Å²) < 4.78 is 0. The molecule has 1 N–H and O–H groups in total. The van der Waals surface area contributed by atoms with Gasteiger partial charge in [0.2, 0.25) is 0 Å². The predicted molar refractivity (Wildman–Crippen MR) is 45.5 cm³/mol. The molecule has 0 saturated carbocycles. The van der Waals surface area contributed by atoms with Crippen molar-refractivity contribution >= 4 is 17.3 Å². The number of hydrogen-bond donors (Lipinski definition) is 1. The van der Waals surface area contributed by atoms with Crippen LogP contribution in [0.1, 0.15) is 10.4 Å². The minimum Gasteiger partial charge on any atom is -0.477 e. The van der Waals surface area contributed by atoms with E-state index >= 15 is 0 Å². The van der Waals surface area contributed by atoms with Crippen molar-refractivity contribution in [1.29, 1.82) is 0 Å². The zero-order valence-corrected chi connectivity index (χ0v) is 6.71. The van der Waals surface area contributed by atoms with Crippen LogP contribution < -0.4 is 0 Å². The molecule has 0 atom stereocenters. The van der Waals surface area contributed by atoms with Gasteiger partial charge in [-0.25, -0.2) is 4.79 Å². The van der Waals surface area contributed by atoms with Gasteiger partial charge in [0.05, 0.1) is 4.92 Å². The standard InChI is InChI=1S/C7H4N2O5/c10-7(11)6-4(8-12)2-1-3-5(6)9(13)14/h1-3H,(H,10,11). The molecule has 0 amide bonds. The molecule has 7 heteroatoms. The third-order valence-corrected chi connectivity index (χ3v) is 1.53. The van der Waals surface area contributed by atoms with E-state index in [2.05, 4.69) is 5.18 Å². The number of carbonyl (C=O) groups is 1. The van der Waals surface area contributed by atoms with Crippen LogP contribution in [0.25, 0.3) is 0 Å². The Bertz CT molecular complexity index is 415. The number of nitrogens with zero attached hydrogens (tertiary/aromatic N) is 2. The van der Waals surface area contributed by atoms with Gasteiger partial charge in [-0.2, -0.15) is 0 Å². The average molecular weight is 196 g/mol. The van der Waals surface area contributed by atoms with Crippen molar-refractivity contribution < 1.29 is 14.8 Å². The molecule has 1 rings (SSSR count). The van der Waals surface area contributed by atoms with Crippen LogP contribution in [0.4, 0.5) is 11.4 Å². The van der Waals surface area contributed by atoms with E-state index < -0.39 is 27.8 Å². The first-order valence-corrected chi connectivity index (χ1v) is 3.42. The summed E-state index contributed by atoms with van der Waals surface area (Å²) in [5.74, 6) is -1.55. The lowest BCUT2D eigenvalue weighted by molar-refractivity contribution is -0.385. The molecule has 0 aromatic heterocycles. The number of carboxylic acid groups (broad SMARTS) is 1. The van der Waals surface area contributed by atoms with E-state index in [1.807, 2.05) is 0 Å². The highest BCUT2D eigenvalue weighted by atomic mass is 16.6. The maximum atomic E-state index is 10.6. The van der Waals surface area contributed by atoms with Gasteiger partial charge in [0.25, 0.3) is 5.69 Å². The Kier molecular flexibility index (Phi) is 2.52. The smallest absolute Gasteiger partial charge is 0.345 e. The summed E-state index contributed by atoms with van der Waals surface area (Å²) in [6.07, 6.45) is 0. The van der Waals surface area contributed by atoms with Crippen LogP contribution >= 0.6 is 0 Å². The van der Waals surface area contributed by atoms with E-state index in [-0.39, 0.29) is 0 Å². The van der Waals surface area contributed by atoms with E-state index in [4.69, 9.17) is 5.11 Å². The monoisotopic (exact) mass is 196 g/mol. The molecule has 0 spiro atoms. The number of nitro groups is 1. The fourth-order valence-electron chi connectivity index (χ4n) is 0.976. The number of carboxylic acids is 1. The van der Waals surface area contributed by atoms with Crippen molar-refractivity contribution in [1.82, 2.24) is 0 Å². The second-order valence-electron chi connectivity index (χ2n) is 2.32. The summed E-state index contributed by atoms with van der Waals surface area (Å²) in [4.78, 5) is 30.3. The molecule has 0 heterocycles. The molecular weight excluding hydrogens is 192 g/mol. The lowest BCUT2D eigenvalue weighted by atomic mass is 10.1. The highest BCUT2D eigenvalue weighted by Gasteiger charge is 2.23. The van der Waals surface area contributed by atoms with Gasteiger partial charge < -0.3 is 5.11 Å². The normalized spacial score (nSPS) is 9.43. The van der Waals surface area contributed by atoms with Crippen molar-refractivity contribution in [3.63, 3.8) is 0 Å². The van der Waals surface area contributed by atoms with Gasteiger partial charge in [0.15, 0.2) is 5.56 Å². The van der Waals surface area contributed by atoms with E-state index in [1.54, 1.807) is 0 Å². The van der Waals surface area contributed by atoms with Crippen LogP contribution in [-0.4, -0.2) is 16.0 Å². The summed E-state index contributed by atoms with van der Waals surface area (Å²) in [5.41, 5.74) is -1.78. The van der Waals surface area contributed by atoms with Gasteiger partial charge >= 0.3 is 5.97 Å². The van der Waals surface area contributed by atoms with Crippen LogP contribution in [0.3, 0.4) is 0 Å². The number of nitro benzene ring substituents is 1. The van der Waals surface area contributed by atoms with Gasteiger partial charge in [0, 0.05) is 6.07 Å². The molecule has 14 heavy (non-hydrogen) atoms. The maximum Gasteiger partial charge on any atom is 0.345 e. The van der Waals surface area contributed by atoms with Crippen molar-refractivity contribution in [3.8, 4) is 0 Å². The number of benzene rings is 1. The first-order valence-electron chi connectivity index (χ1n) is 3.42. The molecule has 0 fully saturated rings. The minimum atomic E-state index is -1.55. The summed E-state index contributed by atoms with van der Waals surface area (Å²) in [6.45, 7) is 0. The minimum absolute atomic E-state index is 0.452. The fraction of sp³-hybridized carbons (Fsp3) is 0. The maximum absolute atomic E-state index is 10.6. The zero-order chi connectivity index (χ0) is 10.7. The van der Waals surface area contributed by atoms with Crippen molar-refractivity contribution in [2.75, 3.05) is 0 Å². The number of hydrogen-bond acceptors (Lipinski definition) is 5. The van der Waals surface area contributed by atoms with E-state index in [0.717, 1.165) is 12.1 Å². The van der Waals surface area contributed by atoms with Crippen LogP contribution in [0.5, 0.6) is 0 Å². The second kappa shape index (κ2) is 3.60. The SMILES string of the molecule is O=Nc1cccc([N+](=O)[O-])c1C(=O)O. The highest BCUT2D eigenvalue weighted by Crippen LogP contribution is 2.27. The molecule has 1 aromatic rings. The predicted octanol–water partition coefficient (Wildman–Crippen LogP) is 1.69. The number of nitroso groups, excluding NO2 is 1. The van der Waals surface area contributed by atoms with E-state index in [0.29, 0.717) is 0 Å². The molecule has 0 radical (unpaired) electrons. The van der Waals surface area contributed by atoms with Gasteiger partial charge in [0.1, 0.15) is 5.69 Å². The highest BCUT2D eigenvalue weighted by molar-refractivity contribution is 5.97. The third kappa shape index (κ3) is 1.56. The second-order valence-corrected chi connectivity index (χ2v) is 2.32. The van der Waals surface area contributed by atoms with Gasteiger partial charge in [-0.1, -0.05) is 6.07 Å². The van der Waals surface area contributed by atoms with Crippen LogP contribution in [0.2, 0.25) is 0 Å². The van der Waals surface area contributed by atoms with Gasteiger partial charge in [-0.05, 0) is 11.2 Å². The number of aromatic carboxylic acids is 1. The zero-order valence-electron chi connectivity index (χ0n) is 6.71. The molecule has 0 unspecified atom stereocenters. The van der Waals surface area contributed by atoms with Gasteiger partial charge in [-0.3, -0.25) is 10.1 Å². The Hall–Kier alpha value is -2.31. The summed E-state index contributed by atoms with van der Waals surface area (Å²) in [5, 5.41) is 21.4. The third-order valence-electron chi connectivity index (χ3n) is 1.53. The average Bonchev–Trinajstić information content (AvgIpc) is 2.16. The lowest BCUT2D eigenvalue weighted by Crippen LogP contribution is -2.02. The largest absolute Gasteiger partial charge is 0.477 e. The molecular formula is C7H4N2O5.